The monoisotopic (exact) mass is 336 g/mol. The van der Waals surface area contributed by atoms with E-state index in [1.165, 1.54) is 12.8 Å². The van der Waals surface area contributed by atoms with Gasteiger partial charge in [0, 0.05) is 29.2 Å². The molecule has 0 spiro atoms. The van der Waals surface area contributed by atoms with Crippen LogP contribution >= 0.6 is 15.9 Å². The molecule has 3 rings (SSSR count). The molecule has 0 aromatic heterocycles. The molecule has 3 atom stereocenters. The van der Waals surface area contributed by atoms with Crippen molar-refractivity contribution < 1.29 is 4.79 Å². The third-order valence-electron chi connectivity index (χ3n) is 4.73. The maximum absolute atomic E-state index is 12.7. The summed E-state index contributed by atoms with van der Waals surface area (Å²) in [6.07, 6.45) is 3.54. The number of nitrogens with two attached hydrogens (primary N) is 1. The molecule has 0 radical (unpaired) electrons. The normalized spacial score (nSPS) is 29.4. The number of hydrogen-bond acceptors (Lipinski definition) is 2. The van der Waals surface area contributed by atoms with Gasteiger partial charge in [-0.3, -0.25) is 4.79 Å². The Morgan fingerprint density at radius 2 is 2.10 bits per heavy atom. The second-order valence-electron chi connectivity index (χ2n) is 6.25. The summed E-state index contributed by atoms with van der Waals surface area (Å²) >= 11 is 3.47. The largest absolute Gasteiger partial charge is 0.338 e. The van der Waals surface area contributed by atoms with Crippen LogP contribution in [0.5, 0.6) is 0 Å². The van der Waals surface area contributed by atoms with E-state index >= 15 is 0 Å². The minimum absolute atomic E-state index is 0.149. The molecular formula is C16H21BrN2O. The number of benzene rings is 1. The van der Waals surface area contributed by atoms with E-state index in [9.17, 15) is 4.79 Å². The molecule has 4 heteroatoms. The van der Waals surface area contributed by atoms with E-state index in [-0.39, 0.29) is 11.9 Å². The average Bonchev–Trinajstić information content (AvgIpc) is 2.82. The first-order valence-corrected chi connectivity index (χ1v) is 8.16. The molecule has 1 heterocycles. The van der Waals surface area contributed by atoms with Crippen molar-refractivity contribution in [1.29, 1.82) is 0 Å². The second kappa shape index (κ2) is 5.49. The third kappa shape index (κ3) is 2.63. The fraction of sp³-hybridized carbons (Fsp3) is 0.562. The summed E-state index contributed by atoms with van der Waals surface area (Å²) in [5, 5.41) is 0. The van der Waals surface area contributed by atoms with Crippen molar-refractivity contribution >= 4 is 21.8 Å². The molecule has 1 saturated carbocycles. The molecule has 1 saturated heterocycles. The minimum Gasteiger partial charge on any atom is -0.338 e. The number of carbonyl (C=O) groups is 1. The maximum Gasteiger partial charge on any atom is 0.253 e. The number of carbonyl (C=O) groups excluding carboxylic acids is 1. The van der Waals surface area contributed by atoms with E-state index in [2.05, 4.69) is 15.9 Å². The fourth-order valence-electron chi connectivity index (χ4n) is 3.72. The highest BCUT2D eigenvalue weighted by molar-refractivity contribution is 9.10. The van der Waals surface area contributed by atoms with E-state index in [4.69, 9.17) is 5.73 Å². The molecule has 2 N–H and O–H groups in total. The van der Waals surface area contributed by atoms with E-state index in [0.717, 1.165) is 35.1 Å². The first kappa shape index (κ1) is 14.1. The Balaban J connectivity index is 1.78. The van der Waals surface area contributed by atoms with Gasteiger partial charge in [0.25, 0.3) is 5.91 Å². The molecule has 108 valence electrons. The Hall–Kier alpha value is -0.870. The van der Waals surface area contributed by atoms with Gasteiger partial charge in [-0.15, -0.1) is 0 Å². The van der Waals surface area contributed by atoms with Crippen molar-refractivity contribution in [2.45, 2.75) is 32.2 Å². The predicted molar refractivity (Wildman–Crippen MR) is 83.6 cm³/mol. The average molecular weight is 337 g/mol. The van der Waals surface area contributed by atoms with E-state index < -0.39 is 0 Å². The molecule has 0 bridgehead atoms. The number of amides is 1. The summed E-state index contributed by atoms with van der Waals surface area (Å²) in [5.41, 5.74) is 8.11. The summed E-state index contributed by atoms with van der Waals surface area (Å²) in [5.74, 6) is 1.26. The van der Waals surface area contributed by atoms with Crippen LogP contribution in [0.15, 0.2) is 22.7 Å². The van der Waals surface area contributed by atoms with Gasteiger partial charge in [0.2, 0.25) is 0 Å². The summed E-state index contributed by atoms with van der Waals surface area (Å²) < 4.78 is 0.967. The van der Waals surface area contributed by atoms with Crippen molar-refractivity contribution in [3.8, 4) is 0 Å². The van der Waals surface area contributed by atoms with E-state index in [1.54, 1.807) is 0 Å². The Kier molecular flexibility index (Phi) is 3.87. The Morgan fingerprint density at radius 1 is 1.30 bits per heavy atom. The summed E-state index contributed by atoms with van der Waals surface area (Å²) in [7, 11) is 0. The van der Waals surface area contributed by atoms with E-state index in [0.29, 0.717) is 11.8 Å². The smallest absolute Gasteiger partial charge is 0.253 e. The highest BCUT2D eigenvalue weighted by Crippen LogP contribution is 2.36. The molecule has 1 aromatic rings. The van der Waals surface area contributed by atoms with E-state index in [1.807, 2.05) is 30.0 Å². The lowest BCUT2D eigenvalue weighted by molar-refractivity contribution is 0.0783. The minimum atomic E-state index is 0.149. The standard InChI is InChI=1S/C16H21BrN2O/c1-10-5-12(7-13(17)6-10)16(20)19-8-11-3-2-4-15(18)14(11)9-19/h5-7,11,14-15H,2-4,8-9,18H2,1H3. The highest BCUT2D eigenvalue weighted by Gasteiger charge is 2.40. The first-order valence-electron chi connectivity index (χ1n) is 7.36. The van der Waals surface area contributed by atoms with Gasteiger partial charge in [-0.1, -0.05) is 22.4 Å². The van der Waals surface area contributed by atoms with Crippen LogP contribution in [0.25, 0.3) is 0 Å². The molecule has 3 unspecified atom stereocenters. The van der Waals surface area contributed by atoms with Gasteiger partial charge in [0.15, 0.2) is 0 Å². The SMILES string of the molecule is Cc1cc(Br)cc(C(=O)N2CC3CCCC(N)C3C2)c1. The molecule has 1 amide bonds. The highest BCUT2D eigenvalue weighted by atomic mass is 79.9. The molecular weight excluding hydrogens is 316 g/mol. The molecule has 20 heavy (non-hydrogen) atoms. The van der Waals surface area contributed by atoms with Gasteiger partial charge in [0.1, 0.15) is 0 Å². The van der Waals surface area contributed by atoms with Crippen molar-refractivity contribution in [2.24, 2.45) is 17.6 Å². The number of halogens is 1. The zero-order valence-electron chi connectivity index (χ0n) is 11.8. The lowest BCUT2D eigenvalue weighted by atomic mass is 9.78. The van der Waals surface area contributed by atoms with Crippen LogP contribution in [0.4, 0.5) is 0 Å². The maximum atomic E-state index is 12.7. The first-order chi connectivity index (χ1) is 9.54. The van der Waals surface area contributed by atoms with Crippen LogP contribution in [0.3, 0.4) is 0 Å². The molecule has 1 aliphatic carbocycles. The molecule has 3 nitrogen and oxygen atoms in total. The van der Waals surface area contributed by atoms with Gasteiger partial charge in [-0.2, -0.15) is 0 Å². The van der Waals surface area contributed by atoms with Crippen LogP contribution in [-0.2, 0) is 0 Å². The zero-order valence-corrected chi connectivity index (χ0v) is 13.4. The van der Waals surface area contributed by atoms with Crippen molar-refractivity contribution in [3.63, 3.8) is 0 Å². The number of fused-ring (bicyclic) bond motifs is 1. The second-order valence-corrected chi connectivity index (χ2v) is 7.16. The number of rotatable bonds is 1. The number of likely N-dealkylation sites (tertiary alicyclic amines) is 1. The van der Waals surface area contributed by atoms with Crippen LogP contribution in [0.2, 0.25) is 0 Å². The molecule has 1 aliphatic heterocycles. The predicted octanol–water partition coefficient (Wildman–Crippen LogP) is 2.96. The quantitative estimate of drug-likeness (QED) is 0.856. The lowest BCUT2D eigenvalue weighted by Gasteiger charge is -2.29. The molecule has 2 aliphatic rings. The lowest BCUT2D eigenvalue weighted by Crippen LogP contribution is -2.38. The summed E-state index contributed by atoms with van der Waals surface area (Å²) in [6, 6.07) is 6.18. The van der Waals surface area contributed by atoms with Crippen LogP contribution in [0, 0.1) is 18.8 Å². The fourth-order valence-corrected chi connectivity index (χ4v) is 4.33. The molecule has 1 aromatic carbocycles. The Morgan fingerprint density at radius 3 is 2.80 bits per heavy atom. The molecule has 2 fully saturated rings. The number of aryl methyl sites for hydroxylation is 1. The van der Waals surface area contributed by atoms with Gasteiger partial charge < -0.3 is 10.6 Å². The number of hydrogen-bond donors (Lipinski definition) is 1. The van der Waals surface area contributed by atoms with Crippen molar-refractivity contribution in [1.82, 2.24) is 4.90 Å². The number of nitrogens with zero attached hydrogens (tertiary/aromatic N) is 1. The van der Waals surface area contributed by atoms with Crippen LogP contribution in [0.1, 0.15) is 35.2 Å². The topological polar surface area (TPSA) is 46.3 Å². The van der Waals surface area contributed by atoms with Gasteiger partial charge in [-0.05, 0) is 55.4 Å². The Labute approximate surface area is 128 Å². The van der Waals surface area contributed by atoms with Crippen molar-refractivity contribution in [2.75, 3.05) is 13.1 Å². The van der Waals surface area contributed by atoms with Crippen LogP contribution < -0.4 is 5.73 Å². The van der Waals surface area contributed by atoms with Gasteiger partial charge in [0.05, 0.1) is 0 Å². The van der Waals surface area contributed by atoms with Gasteiger partial charge in [-0.25, -0.2) is 0 Å². The summed E-state index contributed by atoms with van der Waals surface area (Å²) in [4.78, 5) is 14.7. The zero-order chi connectivity index (χ0) is 14.3. The van der Waals surface area contributed by atoms with Gasteiger partial charge >= 0.3 is 0 Å². The van der Waals surface area contributed by atoms with Crippen molar-refractivity contribution in [3.05, 3.63) is 33.8 Å². The Bertz CT molecular complexity index is 511. The third-order valence-corrected chi connectivity index (χ3v) is 5.19. The van der Waals surface area contributed by atoms with Crippen LogP contribution in [-0.4, -0.2) is 29.9 Å². The summed E-state index contributed by atoms with van der Waals surface area (Å²) in [6.45, 7) is 3.72.